The Morgan fingerprint density at radius 3 is 2.35 bits per heavy atom. The number of anilines is 2. The Morgan fingerprint density at radius 1 is 1.12 bits per heavy atom. The first-order valence-corrected chi connectivity index (χ1v) is 5.54. The van der Waals surface area contributed by atoms with Crippen molar-refractivity contribution in [1.29, 1.82) is 0 Å². The molecule has 0 aliphatic rings. The maximum absolute atomic E-state index is 11.6. The zero-order valence-corrected chi connectivity index (χ0v) is 9.94. The normalized spacial score (nSPS) is 10.2. The highest BCUT2D eigenvalue weighted by Crippen LogP contribution is 2.14. The first kappa shape index (κ1) is 13.3. The van der Waals surface area contributed by atoms with Crippen molar-refractivity contribution in [3.63, 3.8) is 0 Å². The summed E-state index contributed by atoms with van der Waals surface area (Å²) in [5, 5.41) is 0. The second-order valence-corrected chi connectivity index (χ2v) is 3.64. The van der Waals surface area contributed by atoms with Gasteiger partial charge in [-0.2, -0.15) is 0 Å². The van der Waals surface area contributed by atoms with Crippen LogP contribution in [0.5, 0.6) is 0 Å². The van der Waals surface area contributed by atoms with Gasteiger partial charge >= 0.3 is 5.97 Å². The largest absolute Gasteiger partial charge is 0.460 e. The highest BCUT2D eigenvalue weighted by atomic mass is 16.6. The number of hydrogen-bond acceptors (Lipinski definition) is 5. The monoisotopic (exact) mass is 238 g/mol. The Labute approximate surface area is 101 Å². The number of esters is 1. The van der Waals surface area contributed by atoms with E-state index in [2.05, 4.69) is 0 Å². The zero-order chi connectivity index (χ0) is 12.7. The Kier molecular flexibility index (Phi) is 5.29. The molecule has 0 heterocycles. The summed E-state index contributed by atoms with van der Waals surface area (Å²) in [4.78, 5) is 11.6. The molecule has 0 fully saturated rings. The lowest BCUT2D eigenvalue weighted by atomic mass is 10.2. The van der Waals surface area contributed by atoms with Gasteiger partial charge < -0.3 is 20.9 Å². The van der Waals surface area contributed by atoms with E-state index >= 15 is 0 Å². The molecule has 0 saturated heterocycles. The predicted molar refractivity (Wildman–Crippen MR) is 66.7 cm³/mol. The molecule has 0 radical (unpaired) electrons. The highest BCUT2D eigenvalue weighted by Gasteiger charge is 2.08. The van der Waals surface area contributed by atoms with Crippen LogP contribution in [0.2, 0.25) is 0 Å². The number of hydrogen-bond donors (Lipinski definition) is 2. The van der Waals surface area contributed by atoms with E-state index in [0.29, 0.717) is 30.2 Å². The summed E-state index contributed by atoms with van der Waals surface area (Å²) >= 11 is 0. The number of ether oxygens (including phenoxy) is 2. The van der Waals surface area contributed by atoms with Gasteiger partial charge in [0.15, 0.2) is 0 Å². The van der Waals surface area contributed by atoms with Gasteiger partial charge in [-0.3, -0.25) is 0 Å². The first-order valence-electron chi connectivity index (χ1n) is 5.54. The van der Waals surface area contributed by atoms with Crippen molar-refractivity contribution in [2.45, 2.75) is 13.3 Å². The molecule has 1 aromatic rings. The summed E-state index contributed by atoms with van der Waals surface area (Å²) in [7, 11) is 0. The summed E-state index contributed by atoms with van der Waals surface area (Å²) in [5.41, 5.74) is 12.4. The molecule has 0 spiro atoms. The van der Waals surface area contributed by atoms with Gasteiger partial charge in [-0.25, -0.2) is 4.79 Å². The van der Waals surface area contributed by atoms with Crippen molar-refractivity contribution in [3.8, 4) is 0 Å². The molecule has 0 aromatic heterocycles. The summed E-state index contributed by atoms with van der Waals surface area (Å²) < 4.78 is 10.2. The first-order chi connectivity index (χ1) is 8.13. The molecule has 1 aromatic carbocycles. The third-order valence-corrected chi connectivity index (χ3v) is 2.02. The molecule has 94 valence electrons. The third kappa shape index (κ3) is 4.74. The Balaban J connectivity index is 2.41. The fourth-order valence-electron chi connectivity index (χ4n) is 1.32. The van der Waals surface area contributed by atoms with E-state index in [9.17, 15) is 4.79 Å². The Hall–Kier alpha value is -1.75. The lowest BCUT2D eigenvalue weighted by Crippen LogP contribution is -2.11. The fourth-order valence-corrected chi connectivity index (χ4v) is 1.32. The van der Waals surface area contributed by atoms with E-state index < -0.39 is 5.97 Å². The Bertz CT molecular complexity index is 360. The van der Waals surface area contributed by atoms with E-state index in [1.54, 1.807) is 6.07 Å². The average molecular weight is 238 g/mol. The highest BCUT2D eigenvalue weighted by molar-refractivity contribution is 5.91. The van der Waals surface area contributed by atoms with E-state index in [-0.39, 0.29) is 6.61 Å². The lowest BCUT2D eigenvalue weighted by Gasteiger charge is -2.06. The lowest BCUT2D eigenvalue weighted by molar-refractivity contribution is 0.0319. The van der Waals surface area contributed by atoms with E-state index in [0.717, 1.165) is 6.42 Å². The molecule has 4 N–H and O–H groups in total. The van der Waals surface area contributed by atoms with Crippen LogP contribution in [-0.2, 0) is 9.47 Å². The van der Waals surface area contributed by atoms with Crippen LogP contribution in [0.1, 0.15) is 23.7 Å². The van der Waals surface area contributed by atoms with Crippen LogP contribution in [-0.4, -0.2) is 25.8 Å². The van der Waals surface area contributed by atoms with Crippen molar-refractivity contribution in [2.24, 2.45) is 0 Å². The maximum Gasteiger partial charge on any atom is 0.338 e. The van der Waals surface area contributed by atoms with Crippen molar-refractivity contribution in [1.82, 2.24) is 0 Å². The van der Waals surface area contributed by atoms with Gasteiger partial charge in [-0.05, 0) is 24.6 Å². The molecule has 0 bridgehead atoms. The van der Waals surface area contributed by atoms with Crippen molar-refractivity contribution >= 4 is 17.3 Å². The molecular weight excluding hydrogens is 220 g/mol. The van der Waals surface area contributed by atoms with Crippen molar-refractivity contribution in [3.05, 3.63) is 23.8 Å². The summed E-state index contributed by atoms with van der Waals surface area (Å²) in [5.74, 6) is -0.441. The van der Waals surface area contributed by atoms with Crippen LogP contribution in [0.3, 0.4) is 0 Å². The van der Waals surface area contributed by atoms with Crippen LogP contribution in [0, 0.1) is 0 Å². The molecule has 5 heteroatoms. The Morgan fingerprint density at radius 2 is 1.76 bits per heavy atom. The van der Waals surface area contributed by atoms with Crippen LogP contribution >= 0.6 is 0 Å². The molecule has 0 aliphatic carbocycles. The van der Waals surface area contributed by atoms with E-state index in [1.165, 1.54) is 12.1 Å². The number of carbonyl (C=O) groups is 1. The van der Waals surface area contributed by atoms with E-state index in [4.69, 9.17) is 20.9 Å². The van der Waals surface area contributed by atoms with Crippen LogP contribution in [0.4, 0.5) is 11.4 Å². The molecule has 1 rings (SSSR count). The van der Waals surface area contributed by atoms with Crippen LogP contribution in [0.15, 0.2) is 18.2 Å². The molecular formula is C12H18N2O3. The quantitative estimate of drug-likeness (QED) is 0.444. The molecule has 17 heavy (non-hydrogen) atoms. The molecule has 0 atom stereocenters. The molecule has 5 nitrogen and oxygen atoms in total. The second kappa shape index (κ2) is 6.75. The van der Waals surface area contributed by atoms with Gasteiger partial charge in [0.1, 0.15) is 6.61 Å². The molecule has 0 saturated carbocycles. The maximum atomic E-state index is 11.6. The SMILES string of the molecule is CCCOCCOC(=O)c1cc(N)cc(N)c1. The second-order valence-electron chi connectivity index (χ2n) is 3.64. The number of carbonyl (C=O) groups excluding carboxylic acids is 1. The van der Waals surface area contributed by atoms with Gasteiger partial charge in [0.25, 0.3) is 0 Å². The van der Waals surface area contributed by atoms with Gasteiger partial charge in [0.2, 0.25) is 0 Å². The van der Waals surface area contributed by atoms with Gasteiger partial charge in [0, 0.05) is 18.0 Å². The predicted octanol–water partition coefficient (Wildman–Crippen LogP) is 1.43. The van der Waals surface area contributed by atoms with Crippen LogP contribution in [0.25, 0.3) is 0 Å². The summed E-state index contributed by atoms with van der Waals surface area (Å²) in [6.07, 6.45) is 0.944. The van der Waals surface area contributed by atoms with Crippen molar-refractivity contribution in [2.75, 3.05) is 31.3 Å². The number of nitrogens with two attached hydrogens (primary N) is 2. The minimum absolute atomic E-state index is 0.230. The fraction of sp³-hybridized carbons (Fsp3) is 0.417. The topological polar surface area (TPSA) is 87.6 Å². The zero-order valence-electron chi connectivity index (χ0n) is 9.94. The number of benzene rings is 1. The molecule has 0 unspecified atom stereocenters. The van der Waals surface area contributed by atoms with Gasteiger partial charge in [-0.15, -0.1) is 0 Å². The van der Waals surface area contributed by atoms with Crippen LogP contribution < -0.4 is 11.5 Å². The summed E-state index contributed by atoms with van der Waals surface area (Å²) in [6.45, 7) is 3.31. The number of nitrogen functional groups attached to an aromatic ring is 2. The molecule has 0 aliphatic heterocycles. The van der Waals surface area contributed by atoms with Crippen molar-refractivity contribution < 1.29 is 14.3 Å². The molecule has 0 amide bonds. The number of rotatable bonds is 6. The standard InChI is InChI=1S/C12H18N2O3/c1-2-3-16-4-5-17-12(15)9-6-10(13)8-11(14)7-9/h6-8H,2-5,13-14H2,1H3. The van der Waals surface area contributed by atoms with E-state index in [1.807, 2.05) is 6.92 Å². The minimum atomic E-state index is -0.441. The summed E-state index contributed by atoms with van der Waals surface area (Å²) in [6, 6.07) is 4.65. The smallest absolute Gasteiger partial charge is 0.338 e. The minimum Gasteiger partial charge on any atom is -0.460 e. The van der Waals surface area contributed by atoms with Gasteiger partial charge in [-0.1, -0.05) is 6.92 Å². The third-order valence-electron chi connectivity index (χ3n) is 2.02. The van der Waals surface area contributed by atoms with Gasteiger partial charge in [0.05, 0.1) is 12.2 Å². The average Bonchev–Trinajstić information content (AvgIpc) is 2.27.